The van der Waals surface area contributed by atoms with Crippen LogP contribution < -0.4 is 10.1 Å². The molecular formula is C10H15N3O. The highest BCUT2D eigenvalue weighted by Crippen LogP contribution is 2.19. The zero-order chi connectivity index (χ0) is 10.4. The molecule has 0 aliphatic carbocycles. The van der Waals surface area contributed by atoms with Gasteiger partial charge in [0.2, 0.25) is 5.88 Å². The van der Waals surface area contributed by atoms with Gasteiger partial charge in [-0.25, -0.2) is 9.97 Å². The molecule has 0 aliphatic heterocycles. The number of hydrogen-bond acceptors (Lipinski definition) is 4. The highest BCUT2D eigenvalue weighted by atomic mass is 16.5. The summed E-state index contributed by atoms with van der Waals surface area (Å²) in [4.78, 5) is 8.15. The van der Waals surface area contributed by atoms with Gasteiger partial charge in [0.25, 0.3) is 0 Å². The summed E-state index contributed by atoms with van der Waals surface area (Å²) in [6.07, 6.45) is 3.18. The van der Waals surface area contributed by atoms with Gasteiger partial charge in [0.15, 0.2) is 0 Å². The predicted molar refractivity (Wildman–Crippen MR) is 56.6 cm³/mol. The van der Waals surface area contributed by atoms with E-state index < -0.39 is 0 Å². The SMILES string of the molecule is C=CCOc1ncnc(NCC)c1C. The Labute approximate surface area is 84.0 Å². The molecule has 0 saturated heterocycles. The first-order chi connectivity index (χ1) is 6.79. The Balaban J connectivity index is 2.83. The molecule has 14 heavy (non-hydrogen) atoms. The van der Waals surface area contributed by atoms with E-state index in [0.717, 1.165) is 17.9 Å². The average Bonchev–Trinajstić information content (AvgIpc) is 2.20. The van der Waals surface area contributed by atoms with E-state index in [1.165, 1.54) is 6.33 Å². The lowest BCUT2D eigenvalue weighted by atomic mass is 10.3. The van der Waals surface area contributed by atoms with Crippen LogP contribution in [0.3, 0.4) is 0 Å². The van der Waals surface area contributed by atoms with E-state index in [-0.39, 0.29) is 0 Å². The van der Waals surface area contributed by atoms with Gasteiger partial charge in [0, 0.05) is 6.54 Å². The van der Waals surface area contributed by atoms with Gasteiger partial charge >= 0.3 is 0 Å². The van der Waals surface area contributed by atoms with Gasteiger partial charge in [-0.1, -0.05) is 12.7 Å². The van der Waals surface area contributed by atoms with E-state index in [9.17, 15) is 0 Å². The summed E-state index contributed by atoms with van der Waals surface area (Å²) in [6.45, 7) is 8.82. The number of ether oxygens (including phenoxy) is 1. The first-order valence-electron chi connectivity index (χ1n) is 4.58. The highest BCUT2D eigenvalue weighted by Gasteiger charge is 2.05. The molecule has 0 saturated carbocycles. The van der Waals surface area contributed by atoms with Crippen molar-refractivity contribution in [2.45, 2.75) is 13.8 Å². The van der Waals surface area contributed by atoms with E-state index in [0.29, 0.717) is 12.5 Å². The Bertz CT molecular complexity index is 312. The fourth-order valence-corrected chi connectivity index (χ4v) is 1.06. The molecule has 76 valence electrons. The summed E-state index contributed by atoms with van der Waals surface area (Å²) < 4.78 is 5.36. The molecule has 1 heterocycles. The molecule has 4 heteroatoms. The molecule has 0 spiro atoms. The normalized spacial score (nSPS) is 9.57. The molecule has 0 fully saturated rings. The monoisotopic (exact) mass is 193 g/mol. The van der Waals surface area contributed by atoms with Crippen molar-refractivity contribution in [3.8, 4) is 5.88 Å². The molecule has 1 N–H and O–H groups in total. The molecule has 0 amide bonds. The van der Waals surface area contributed by atoms with Gasteiger partial charge in [0.1, 0.15) is 18.8 Å². The Morgan fingerprint density at radius 1 is 1.57 bits per heavy atom. The van der Waals surface area contributed by atoms with Crippen molar-refractivity contribution in [3.05, 3.63) is 24.5 Å². The van der Waals surface area contributed by atoms with Crippen molar-refractivity contribution >= 4 is 5.82 Å². The summed E-state index contributed by atoms with van der Waals surface area (Å²) in [6, 6.07) is 0. The smallest absolute Gasteiger partial charge is 0.221 e. The van der Waals surface area contributed by atoms with Gasteiger partial charge < -0.3 is 10.1 Å². The number of rotatable bonds is 5. The molecule has 0 unspecified atom stereocenters. The number of nitrogens with zero attached hydrogens (tertiary/aromatic N) is 2. The second-order valence-electron chi connectivity index (χ2n) is 2.78. The molecule has 0 aliphatic rings. The van der Waals surface area contributed by atoms with E-state index in [1.54, 1.807) is 6.08 Å². The van der Waals surface area contributed by atoms with Crippen molar-refractivity contribution in [2.75, 3.05) is 18.5 Å². The second kappa shape index (κ2) is 5.21. The standard InChI is InChI=1S/C10H15N3O/c1-4-6-14-10-8(3)9(11-5-2)12-7-13-10/h4,7H,1,5-6H2,2-3H3,(H,11,12,13). The van der Waals surface area contributed by atoms with Gasteiger partial charge in [-0.05, 0) is 13.8 Å². The molecule has 0 aromatic carbocycles. The van der Waals surface area contributed by atoms with Crippen molar-refractivity contribution < 1.29 is 4.74 Å². The summed E-state index contributed by atoms with van der Waals surface area (Å²) in [5.74, 6) is 1.43. The number of nitrogens with one attached hydrogen (secondary N) is 1. The first kappa shape index (κ1) is 10.5. The highest BCUT2D eigenvalue weighted by molar-refractivity contribution is 5.47. The fourth-order valence-electron chi connectivity index (χ4n) is 1.06. The van der Waals surface area contributed by atoms with Crippen molar-refractivity contribution in [1.29, 1.82) is 0 Å². The maximum absolute atomic E-state index is 5.36. The minimum absolute atomic E-state index is 0.462. The van der Waals surface area contributed by atoms with Crippen LogP contribution in [0.1, 0.15) is 12.5 Å². The Morgan fingerprint density at radius 2 is 2.36 bits per heavy atom. The molecule has 4 nitrogen and oxygen atoms in total. The van der Waals surface area contributed by atoms with Crippen molar-refractivity contribution in [2.24, 2.45) is 0 Å². The largest absolute Gasteiger partial charge is 0.473 e. The molecule has 1 aromatic rings. The van der Waals surface area contributed by atoms with E-state index in [4.69, 9.17) is 4.74 Å². The van der Waals surface area contributed by atoms with Gasteiger partial charge in [-0.15, -0.1) is 0 Å². The van der Waals surface area contributed by atoms with E-state index in [2.05, 4.69) is 21.9 Å². The molecule has 0 atom stereocenters. The summed E-state index contributed by atoms with van der Waals surface area (Å²) in [5.41, 5.74) is 0.927. The Morgan fingerprint density at radius 3 is 3.00 bits per heavy atom. The predicted octanol–water partition coefficient (Wildman–Crippen LogP) is 1.78. The lowest BCUT2D eigenvalue weighted by Crippen LogP contribution is -2.05. The van der Waals surface area contributed by atoms with Crippen LogP contribution in [0.2, 0.25) is 0 Å². The third kappa shape index (κ3) is 2.45. The number of aromatic nitrogens is 2. The van der Waals surface area contributed by atoms with Crippen molar-refractivity contribution in [1.82, 2.24) is 9.97 Å². The van der Waals surface area contributed by atoms with Crippen LogP contribution in [0.5, 0.6) is 5.88 Å². The quantitative estimate of drug-likeness (QED) is 0.724. The minimum atomic E-state index is 0.462. The third-order valence-corrected chi connectivity index (χ3v) is 1.72. The lowest BCUT2D eigenvalue weighted by molar-refractivity contribution is 0.345. The molecule has 1 rings (SSSR count). The van der Waals surface area contributed by atoms with Crippen LogP contribution in [0.4, 0.5) is 5.82 Å². The fraction of sp³-hybridized carbons (Fsp3) is 0.400. The average molecular weight is 193 g/mol. The van der Waals surface area contributed by atoms with Gasteiger partial charge in [-0.3, -0.25) is 0 Å². The molecule has 0 bridgehead atoms. The molecule has 0 radical (unpaired) electrons. The lowest BCUT2D eigenvalue weighted by Gasteiger charge is -2.09. The van der Waals surface area contributed by atoms with Gasteiger partial charge in [0.05, 0.1) is 5.56 Å². The number of anilines is 1. The van der Waals surface area contributed by atoms with Crippen LogP contribution in [-0.2, 0) is 0 Å². The summed E-state index contributed by atoms with van der Waals surface area (Å²) >= 11 is 0. The maximum atomic E-state index is 5.36. The second-order valence-corrected chi connectivity index (χ2v) is 2.78. The third-order valence-electron chi connectivity index (χ3n) is 1.72. The van der Waals surface area contributed by atoms with Crippen molar-refractivity contribution in [3.63, 3.8) is 0 Å². The van der Waals surface area contributed by atoms with Crippen LogP contribution in [-0.4, -0.2) is 23.1 Å². The molecule has 1 aromatic heterocycles. The maximum Gasteiger partial charge on any atom is 0.221 e. The topological polar surface area (TPSA) is 47.0 Å². The van der Waals surface area contributed by atoms with E-state index in [1.807, 2.05) is 13.8 Å². The van der Waals surface area contributed by atoms with Crippen LogP contribution >= 0.6 is 0 Å². The van der Waals surface area contributed by atoms with Crippen LogP contribution in [0.15, 0.2) is 19.0 Å². The molecular weight excluding hydrogens is 178 g/mol. The Kier molecular flexibility index (Phi) is 3.91. The Hall–Kier alpha value is -1.58. The van der Waals surface area contributed by atoms with Crippen LogP contribution in [0.25, 0.3) is 0 Å². The van der Waals surface area contributed by atoms with Gasteiger partial charge in [-0.2, -0.15) is 0 Å². The zero-order valence-corrected chi connectivity index (χ0v) is 8.58. The number of hydrogen-bond donors (Lipinski definition) is 1. The summed E-state index contributed by atoms with van der Waals surface area (Å²) in [7, 11) is 0. The summed E-state index contributed by atoms with van der Waals surface area (Å²) in [5, 5.41) is 3.14. The zero-order valence-electron chi connectivity index (χ0n) is 8.58. The van der Waals surface area contributed by atoms with Crippen LogP contribution in [0, 0.1) is 6.92 Å². The van der Waals surface area contributed by atoms with E-state index >= 15 is 0 Å². The first-order valence-corrected chi connectivity index (χ1v) is 4.58. The minimum Gasteiger partial charge on any atom is -0.473 e.